The van der Waals surface area contributed by atoms with E-state index in [0.717, 1.165) is 24.5 Å². The van der Waals surface area contributed by atoms with Crippen molar-refractivity contribution in [1.29, 1.82) is 0 Å². The molecule has 26 heavy (non-hydrogen) atoms. The van der Waals surface area contributed by atoms with E-state index in [0.29, 0.717) is 0 Å². The maximum Gasteiger partial charge on any atom is 0.0653 e. The third kappa shape index (κ3) is 4.08. The van der Waals surface area contributed by atoms with Crippen LogP contribution in [0.5, 0.6) is 0 Å². The maximum absolute atomic E-state index is 4.71. The van der Waals surface area contributed by atoms with Crippen molar-refractivity contribution in [3.63, 3.8) is 0 Å². The number of benzene rings is 2. The lowest BCUT2D eigenvalue weighted by Crippen LogP contribution is -2.29. The maximum atomic E-state index is 4.71. The van der Waals surface area contributed by atoms with E-state index < -0.39 is 0 Å². The van der Waals surface area contributed by atoms with Gasteiger partial charge in [0.25, 0.3) is 0 Å². The number of piperidine rings is 1. The van der Waals surface area contributed by atoms with Crippen LogP contribution in [-0.4, -0.2) is 18.1 Å². The first-order valence-electron chi connectivity index (χ1n) is 9.19. The Morgan fingerprint density at radius 3 is 2.50 bits per heavy atom. The SMILES string of the molecule is Cc1cc(N2CCCCC2)cc(/C=C\c2cccc3ccccc23)n1.Cl. The number of halogens is 1. The van der Waals surface area contributed by atoms with Crippen LogP contribution >= 0.6 is 12.4 Å². The van der Waals surface area contributed by atoms with Crippen molar-refractivity contribution in [3.8, 4) is 0 Å². The highest BCUT2D eigenvalue weighted by Gasteiger charge is 2.11. The lowest BCUT2D eigenvalue weighted by atomic mass is 10.0. The van der Waals surface area contributed by atoms with Gasteiger partial charge in [0.15, 0.2) is 0 Å². The Morgan fingerprint density at radius 1 is 0.885 bits per heavy atom. The number of fused-ring (bicyclic) bond motifs is 1. The molecule has 3 heteroatoms. The number of nitrogens with zero attached hydrogens (tertiary/aromatic N) is 2. The van der Waals surface area contributed by atoms with Gasteiger partial charge in [-0.1, -0.05) is 48.5 Å². The lowest BCUT2D eigenvalue weighted by Gasteiger charge is -2.29. The Bertz CT molecular complexity index is 906. The normalized spacial score (nSPS) is 14.6. The van der Waals surface area contributed by atoms with Crippen molar-refractivity contribution < 1.29 is 0 Å². The number of aromatic nitrogens is 1. The summed E-state index contributed by atoms with van der Waals surface area (Å²) in [6.45, 7) is 4.41. The molecule has 2 nitrogen and oxygen atoms in total. The summed E-state index contributed by atoms with van der Waals surface area (Å²) in [5.41, 5.74) is 4.67. The Kier molecular flexibility index (Phi) is 5.95. The highest BCUT2D eigenvalue weighted by atomic mass is 35.5. The number of hydrogen-bond donors (Lipinski definition) is 0. The molecule has 0 atom stereocenters. The van der Waals surface area contributed by atoms with Crippen LogP contribution in [0.15, 0.2) is 54.6 Å². The molecule has 2 aromatic carbocycles. The molecule has 0 aliphatic carbocycles. The van der Waals surface area contributed by atoms with Crippen LogP contribution in [0.3, 0.4) is 0 Å². The zero-order chi connectivity index (χ0) is 17.1. The quantitative estimate of drug-likeness (QED) is 0.556. The molecule has 0 N–H and O–H groups in total. The van der Waals surface area contributed by atoms with Crippen LogP contribution in [0.4, 0.5) is 5.69 Å². The van der Waals surface area contributed by atoms with Gasteiger partial charge in [0.05, 0.1) is 5.69 Å². The lowest BCUT2D eigenvalue weighted by molar-refractivity contribution is 0.577. The first-order chi connectivity index (χ1) is 12.3. The molecule has 1 aliphatic heterocycles. The molecule has 0 amide bonds. The first kappa shape index (κ1) is 18.5. The van der Waals surface area contributed by atoms with Gasteiger partial charge in [-0.05, 0) is 60.7 Å². The summed E-state index contributed by atoms with van der Waals surface area (Å²) in [6.07, 6.45) is 8.27. The Morgan fingerprint density at radius 2 is 1.65 bits per heavy atom. The van der Waals surface area contributed by atoms with E-state index in [4.69, 9.17) is 4.98 Å². The Labute approximate surface area is 162 Å². The molecular formula is C23H25ClN2. The second-order valence-electron chi connectivity index (χ2n) is 6.84. The van der Waals surface area contributed by atoms with Crippen LogP contribution in [0, 0.1) is 6.92 Å². The molecule has 0 saturated carbocycles. The first-order valence-corrected chi connectivity index (χ1v) is 9.19. The second kappa shape index (κ2) is 8.37. The van der Waals surface area contributed by atoms with Crippen molar-refractivity contribution in [1.82, 2.24) is 4.98 Å². The van der Waals surface area contributed by atoms with E-state index >= 15 is 0 Å². The van der Waals surface area contributed by atoms with Gasteiger partial charge in [0, 0.05) is 24.5 Å². The topological polar surface area (TPSA) is 16.1 Å². The molecular weight excluding hydrogens is 340 g/mol. The average molecular weight is 365 g/mol. The fourth-order valence-corrected chi connectivity index (χ4v) is 3.67. The molecule has 1 saturated heterocycles. The van der Waals surface area contributed by atoms with E-state index in [1.807, 2.05) is 0 Å². The van der Waals surface area contributed by atoms with Crippen LogP contribution in [0.1, 0.15) is 36.2 Å². The molecule has 0 spiro atoms. The summed E-state index contributed by atoms with van der Waals surface area (Å²) in [5.74, 6) is 0. The zero-order valence-corrected chi connectivity index (χ0v) is 16.0. The molecule has 2 heterocycles. The summed E-state index contributed by atoms with van der Waals surface area (Å²) in [5, 5.41) is 2.56. The molecule has 1 aromatic heterocycles. The van der Waals surface area contributed by atoms with Crippen molar-refractivity contribution in [3.05, 3.63) is 71.5 Å². The van der Waals surface area contributed by atoms with Crippen LogP contribution in [-0.2, 0) is 0 Å². The number of anilines is 1. The molecule has 3 aromatic rings. The number of aryl methyl sites for hydroxylation is 1. The van der Waals surface area contributed by atoms with Crippen LogP contribution < -0.4 is 4.90 Å². The van der Waals surface area contributed by atoms with Gasteiger partial charge >= 0.3 is 0 Å². The fourth-order valence-electron chi connectivity index (χ4n) is 3.67. The molecule has 4 rings (SSSR count). The molecule has 134 valence electrons. The average Bonchev–Trinajstić information content (AvgIpc) is 2.66. The highest BCUT2D eigenvalue weighted by Crippen LogP contribution is 2.24. The van der Waals surface area contributed by atoms with Gasteiger partial charge < -0.3 is 4.90 Å². The third-order valence-corrected chi connectivity index (χ3v) is 4.94. The summed E-state index contributed by atoms with van der Waals surface area (Å²) in [4.78, 5) is 7.20. The zero-order valence-electron chi connectivity index (χ0n) is 15.2. The van der Waals surface area contributed by atoms with E-state index in [1.54, 1.807) is 0 Å². The van der Waals surface area contributed by atoms with Gasteiger partial charge in [-0.3, -0.25) is 4.98 Å². The monoisotopic (exact) mass is 364 g/mol. The molecule has 1 fully saturated rings. The number of hydrogen-bond acceptors (Lipinski definition) is 2. The number of rotatable bonds is 3. The highest BCUT2D eigenvalue weighted by molar-refractivity contribution is 5.92. The van der Waals surface area contributed by atoms with Gasteiger partial charge in [-0.25, -0.2) is 0 Å². The predicted molar refractivity (Wildman–Crippen MR) is 115 cm³/mol. The standard InChI is InChI=1S/C23H24N2.ClH/c1-18-16-22(25-14-5-2-6-15-25)17-21(24-18)13-12-20-10-7-9-19-8-3-4-11-23(19)20;/h3-4,7-13,16-17H,2,5-6,14-15H2,1H3;1H/b13-12-;. The van der Waals surface area contributed by atoms with E-state index in [-0.39, 0.29) is 12.4 Å². The van der Waals surface area contributed by atoms with Crippen molar-refractivity contribution in [2.75, 3.05) is 18.0 Å². The Hall–Kier alpha value is -2.32. The minimum atomic E-state index is 0. The van der Waals surface area contributed by atoms with E-state index in [1.165, 1.54) is 41.3 Å². The molecule has 1 aliphatic rings. The predicted octanol–water partition coefficient (Wildman–Crippen LogP) is 6.13. The molecule has 0 unspecified atom stereocenters. The van der Waals surface area contributed by atoms with Crippen LogP contribution in [0.2, 0.25) is 0 Å². The molecule has 0 bridgehead atoms. The van der Waals surface area contributed by atoms with Gasteiger partial charge in [0.1, 0.15) is 0 Å². The number of pyridine rings is 1. The van der Waals surface area contributed by atoms with E-state index in [2.05, 4.69) is 78.6 Å². The summed E-state index contributed by atoms with van der Waals surface area (Å²) < 4.78 is 0. The minimum absolute atomic E-state index is 0. The largest absolute Gasteiger partial charge is 0.371 e. The van der Waals surface area contributed by atoms with Crippen LogP contribution in [0.25, 0.3) is 22.9 Å². The summed E-state index contributed by atoms with van der Waals surface area (Å²) >= 11 is 0. The van der Waals surface area contributed by atoms with E-state index in [9.17, 15) is 0 Å². The second-order valence-corrected chi connectivity index (χ2v) is 6.84. The molecule has 0 radical (unpaired) electrons. The Balaban J connectivity index is 0.00000196. The summed E-state index contributed by atoms with van der Waals surface area (Å²) in [7, 11) is 0. The smallest absolute Gasteiger partial charge is 0.0653 e. The van der Waals surface area contributed by atoms with Crippen molar-refractivity contribution >= 4 is 41.0 Å². The van der Waals surface area contributed by atoms with Gasteiger partial charge in [-0.15, -0.1) is 12.4 Å². The minimum Gasteiger partial charge on any atom is -0.371 e. The summed E-state index contributed by atoms with van der Waals surface area (Å²) in [6, 6.07) is 19.4. The van der Waals surface area contributed by atoms with Crippen molar-refractivity contribution in [2.45, 2.75) is 26.2 Å². The van der Waals surface area contributed by atoms with Crippen molar-refractivity contribution in [2.24, 2.45) is 0 Å². The third-order valence-electron chi connectivity index (χ3n) is 4.94. The fraction of sp³-hybridized carbons (Fsp3) is 0.261. The van der Waals surface area contributed by atoms with Gasteiger partial charge in [0.2, 0.25) is 0 Å². The van der Waals surface area contributed by atoms with Gasteiger partial charge in [-0.2, -0.15) is 0 Å².